The predicted molar refractivity (Wildman–Crippen MR) is 75.5 cm³/mol. The van der Waals surface area contributed by atoms with Crippen LogP contribution < -0.4 is 5.32 Å². The van der Waals surface area contributed by atoms with Crippen molar-refractivity contribution in [2.75, 3.05) is 12.4 Å². The Morgan fingerprint density at radius 2 is 1.94 bits per heavy atom. The molecule has 0 amide bonds. The highest BCUT2D eigenvalue weighted by atomic mass is 32.2. The summed E-state index contributed by atoms with van der Waals surface area (Å²) >= 11 is 1.84. The number of benzene rings is 1. The summed E-state index contributed by atoms with van der Waals surface area (Å²) in [7, 11) is 0. The Labute approximate surface area is 109 Å². The molecule has 2 N–H and O–H groups in total. The molecule has 3 heteroatoms. The molecule has 0 saturated heterocycles. The molecule has 96 valence electrons. The van der Waals surface area contributed by atoms with E-state index in [9.17, 15) is 5.11 Å². The molecule has 0 saturated carbocycles. The molecule has 0 radical (unpaired) electrons. The van der Waals surface area contributed by atoms with Gasteiger partial charge >= 0.3 is 0 Å². The molecule has 0 aliphatic heterocycles. The van der Waals surface area contributed by atoms with Crippen LogP contribution in [0.2, 0.25) is 0 Å². The molecule has 17 heavy (non-hydrogen) atoms. The molecule has 0 aromatic heterocycles. The van der Waals surface area contributed by atoms with Crippen LogP contribution in [-0.2, 0) is 0 Å². The quantitative estimate of drug-likeness (QED) is 0.733. The minimum atomic E-state index is -0.171. The Morgan fingerprint density at radius 3 is 2.47 bits per heavy atom. The van der Waals surface area contributed by atoms with Crippen molar-refractivity contribution < 1.29 is 5.11 Å². The van der Waals surface area contributed by atoms with E-state index in [1.165, 1.54) is 4.90 Å². The summed E-state index contributed by atoms with van der Waals surface area (Å²) in [5.41, 5.74) is -0.171. The monoisotopic (exact) mass is 253 g/mol. The molecule has 1 aromatic rings. The van der Waals surface area contributed by atoms with Gasteiger partial charge in [-0.1, -0.05) is 32.0 Å². The first-order valence-corrected chi connectivity index (χ1v) is 7.11. The van der Waals surface area contributed by atoms with Crippen molar-refractivity contribution >= 4 is 11.8 Å². The average Bonchev–Trinajstić information content (AvgIpc) is 2.29. The molecule has 1 aromatic carbocycles. The van der Waals surface area contributed by atoms with Gasteiger partial charge in [-0.2, -0.15) is 0 Å². The highest BCUT2D eigenvalue weighted by Crippen LogP contribution is 2.21. The predicted octanol–water partition coefficient (Wildman–Crippen LogP) is 2.92. The fraction of sp³-hybridized carbons (Fsp3) is 0.571. The van der Waals surface area contributed by atoms with Crippen LogP contribution in [0.15, 0.2) is 35.2 Å². The van der Waals surface area contributed by atoms with Crippen LogP contribution in [0.4, 0.5) is 0 Å². The molecular formula is C14H23NOS. The minimum Gasteiger partial charge on any atom is -0.394 e. The highest BCUT2D eigenvalue weighted by molar-refractivity contribution is 7.99. The van der Waals surface area contributed by atoms with Gasteiger partial charge in [-0.25, -0.2) is 0 Å². The van der Waals surface area contributed by atoms with E-state index in [1.807, 2.05) is 17.8 Å². The zero-order chi connectivity index (χ0) is 12.7. The van der Waals surface area contributed by atoms with Crippen LogP contribution in [0.3, 0.4) is 0 Å². The van der Waals surface area contributed by atoms with E-state index in [2.05, 4.69) is 50.4 Å². The van der Waals surface area contributed by atoms with E-state index < -0.39 is 0 Å². The zero-order valence-electron chi connectivity index (χ0n) is 10.9. The first kappa shape index (κ1) is 14.6. The second-order valence-electron chi connectivity index (χ2n) is 4.93. The molecule has 0 spiro atoms. The molecule has 1 atom stereocenters. The van der Waals surface area contributed by atoms with E-state index in [0.717, 1.165) is 12.2 Å². The summed E-state index contributed by atoms with van der Waals surface area (Å²) in [6, 6.07) is 10.8. The van der Waals surface area contributed by atoms with Gasteiger partial charge in [0.15, 0.2) is 0 Å². The lowest BCUT2D eigenvalue weighted by molar-refractivity contribution is 0.162. The van der Waals surface area contributed by atoms with Crippen LogP contribution in [0.1, 0.15) is 27.2 Å². The topological polar surface area (TPSA) is 32.3 Å². The van der Waals surface area contributed by atoms with Crippen molar-refractivity contribution in [2.45, 2.75) is 43.7 Å². The Balaban J connectivity index is 2.38. The Bertz CT molecular complexity index is 315. The maximum Gasteiger partial charge on any atom is 0.0610 e. The molecule has 0 aliphatic rings. The van der Waals surface area contributed by atoms with Crippen molar-refractivity contribution in [1.82, 2.24) is 5.32 Å². The molecule has 1 rings (SSSR count). The molecule has 0 aliphatic carbocycles. The summed E-state index contributed by atoms with van der Waals surface area (Å²) in [5.74, 6) is 1.01. The maximum atomic E-state index is 9.46. The van der Waals surface area contributed by atoms with Crippen LogP contribution in [0.5, 0.6) is 0 Å². The molecule has 0 heterocycles. The standard InChI is InChI=1S/C14H23NOS/c1-12(2)15-14(3,11-16)9-10-17-13-7-5-4-6-8-13/h4-8,12,15-16H,9-11H2,1-3H3. The number of nitrogens with one attached hydrogen (secondary N) is 1. The van der Waals surface area contributed by atoms with E-state index in [0.29, 0.717) is 6.04 Å². The second kappa shape index (κ2) is 7.04. The smallest absolute Gasteiger partial charge is 0.0610 e. The zero-order valence-corrected chi connectivity index (χ0v) is 11.8. The van der Waals surface area contributed by atoms with E-state index in [4.69, 9.17) is 0 Å². The van der Waals surface area contributed by atoms with E-state index in [-0.39, 0.29) is 12.1 Å². The van der Waals surface area contributed by atoms with Gasteiger partial charge < -0.3 is 10.4 Å². The normalized spacial score (nSPS) is 14.9. The first-order chi connectivity index (χ1) is 8.06. The molecule has 0 fully saturated rings. The number of hydrogen-bond acceptors (Lipinski definition) is 3. The van der Waals surface area contributed by atoms with Gasteiger partial charge in [-0.05, 0) is 31.2 Å². The van der Waals surface area contributed by atoms with Gasteiger partial charge in [0.2, 0.25) is 0 Å². The summed E-state index contributed by atoms with van der Waals surface area (Å²) in [6.45, 7) is 6.48. The lowest BCUT2D eigenvalue weighted by Crippen LogP contribution is -2.49. The Hall–Kier alpha value is -0.510. The Morgan fingerprint density at radius 1 is 1.29 bits per heavy atom. The maximum absolute atomic E-state index is 9.46. The summed E-state index contributed by atoms with van der Waals surface area (Å²) in [5, 5.41) is 12.9. The minimum absolute atomic E-state index is 0.171. The van der Waals surface area contributed by atoms with E-state index >= 15 is 0 Å². The average molecular weight is 253 g/mol. The van der Waals surface area contributed by atoms with Crippen LogP contribution in [-0.4, -0.2) is 29.0 Å². The molecule has 1 unspecified atom stereocenters. The summed E-state index contributed by atoms with van der Waals surface area (Å²) in [6.07, 6.45) is 0.960. The van der Waals surface area contributed by atoms with Gasteiger partial charge in [0.25, 0.3) is 0 Å². The third-order valence-electron chi connectivity index (χ3n) is 2.65. The van der Waals surface area contributed by atoms with Crippen LogP contribution >= 0.6 is 11.8 Å². The van der Waals surface area contributed by atoms with Crippen molar-refractivity contribution in [3.63, 3.8) is 0 Å². The van der Waals surface area contributed by atoms with Gasteiger partial charge in [0.05, 0.1) is 6.61 Å². The fourth-order valence-electron chi connectivity index (χ4n) is 1.80. The second-order valence-corrected chi connectivity index (χ2v) is 6.10. The highest BCUT2D eigenvalue weighted by Gasteiger charge is 2.23. The van der Waals surface area contributed by atoms with Gasteiger partial charge in [-0.3, -0.25) is 0 Å². The number of aliphatic hydroxyl groups is 1. The van der Waals surface area contributed by atoms with Crippen molar-refractivity contribution in [2.24, 2.45) is 0 Å². The molecule has 2 nitrogen and oxygen atoms in total. The lowest BCUT2D eigenvalue weighted by atomic mass is 9.99. The molecular weight excluding hydrogens is 230 g/mol. The Kier molecular flexibility index (Phi) is 6.03. The van der Waals surface area contributed by atoms with Crippen LogP contribution in [0, 0.1) is 0 Å². The number of hydrogen-bond donors (Lipinski definition) is 2. The SMILES string of the molecule is CC(C)NC(C)(CO)CCSc1ccccc1. The van der Waals surface area contributed by atoms with Crippen molar-refractivity contribution in [1.29, 1.82) is 0 Å². The van der Waals surface area contributed by atoms with Crippen molar-refractivity contribution in [3.05, 3.63) is 30.3 Å². The third-order valence-corrected chi connectivity index (χ3v) is 3.67. The van der Waals surface area contributed by atoms with E-state index in [1.54, 1.807) is 0 Å². The molecule has 0 bridgehead atoms. The third kappa shape index (κ3) is 5.57. The van der Waals surface area contributed by atoms with Crippen molar-refractivity contribution in [3.8, 4) is 0 Å². The fourth-order valence-corrected chi connectivity index (χ4v) is 2.94. The number of aliphatic hydroxyl groups excluding tert-OH is 1. The van der Waals surface area contributed by atoms with Gasteiger partial charge in [-0.15, -0.1) is 11.8 Å². The number of rotatable bonds is 7. The number of thioether (sulfide) groups is 1. The lowest BCUT2D eigenvalue weighted by Gasteiger charge is -2.31. The van der Waals surface area contributed by atoms with Crippen LogP contribution in [0.25, 0.3) is 0 Å². The van der Waals surface area contributed by atoms with Gasteiger partial charge in [0, 0.05) is 16.5 Å². The largest absolute Gasteiger partial charge is 0.394 e. The first-order valence-electron chi connectivity index (χ1n) is 6.12. The summed E-state index contributed by atoms with van der Waals surface area (Å²) < 4.78 is 0. The van der Waals surface area contributed by atoms with Gasteiger partial charge in [0.1, 0.15) is 0 Å². The summed E-state index contributed by atoms with van der Waals surface area (Å²) in [4.78, 5) is 1.29.